The summed E-state index contributed by atoms with van der Waals surface area (Å²) in [5, 5.41) is 35.5. The van der Waals surface area contributed by atoms with E-state index in [1.165, 1.54) is 25.7 Å². The second kappa shape index (κ2) is 14.6. The van der Waals surface area contributed by atoms with E-state index in [9.17, 15) is 15.3 Å². The highest BCUT2D eigenvalue weighted by Crippen LogP contribution is 2.63. The Kier molecular flexibility index (Phi) is 11.1. The minimum atomic E-state index is -0.937. The lowest BCUT2D eigenvalue weighted by atomic mass is 9.56. The van der Waals surface area contributed by atoms with Crippen LogP contribution in [0.5, 0.6) is 11.5 Å². The van der Waals surface area contributed by atoms with Crippen LogP contribution >= 0.6 is 11.8 Å². The molecule has 0 saturated heterocycles. The van der Waals surface area contributed by atoms with Gasteiger partial charge in [-0.3, -0.25) is 0 Å². The first kappa shape index (κ1) is 33.4. The lowest BCUT2D eigenvalue weighted by molar-refractivity contribution is -0.223. The fraction of sp³-hybridized carbons (Fsp3) is 0.694. The first-order chi connectivity index (χ1) is 21.2. The molecule has 2 saturated carbocycles. The molecule has 5 rings (SSSR count). The molecule has 0 aromatic heterocycles. The van der Waals surface area contributed by atoms with E-state index < -0.39 is 11.4 Å². The van der Waals surface area contributed by atoms with Crippen LogP contribution in [0.15, 0.2) is 47.7 Å². The summed E-state index contributed by atoms with van der Waals surface area (Å²) in [7, 11) is 0. The molecule has 1 aromatic carbocycles. The molecule has 244 valence electrons. The number of hydrogen-bond donors (Lipinski definition) is 3. The van der Waals surface area contributed by atoms with Gasteiger partial charge in [0.25, 0.3) is 0 Å². The van der Waals surface area contributed by atoms with Gasteiger partial charge in [0.05, 0.1) is 23.5 Å². The average molecular weight is 628 g/mol. The predicted octanol–water partition coefficient (Wildman–Crippen LogP) is 7.50. The molecule has 0 amide bonds. The lowest BCUT2D eigenvalue weighted by Gasteiger charge is -2.58. The van der Waals surface area contributed by atoms with E-state index in [4.69, 9.17) is 19.5 Å². The fourth-order valence-electron chi connectivity index (χ4n) is 7.90. The summed E-state index contributed by atoms with van der Waals surface area (Å²) in [5.41, 5.74) is 2.69. The number of thioether (sulfide) groups is 1. The Balaban J connectivity index is 1.71. The molecular formula is C36H53NO6S. The molecule has 3 N–H and O–H groups in total. The molecule has 0 unspecified atom stereocenters. The molecule has 6 atom stereocenters. The highest BCUT2D eigenvalue weighted by Gasteiger charge is 2.64. The Morgan fingerprint density at radius 1 is 1.09 bits per heavy atom. The molecule has 2 fully saturated rings. The molecule has 44 heavy (non-hydrogen) atoms. The Labute approximate surface area is 268 Å². The van der Waals surface area contributed by atoms with Crippen LogP contribution in [-0.2, 0) is 9.57 Å². The van der Waals surface area contributed by atoms with Crippen molar-refractivity contribution in [3.63, 3.8) is 0 Å². The molecule has 7 nitrogen and oxygen atoms in total. The van der Waals surface area contributed by atoms with Crippen molar-refractivity contribution in [3.05, 3.63) is 48.1 Å². The Hall–Kier alpha value is -2.00. The maximum atomic E-state index is 10.8. The maximum Gasteiger partial charge on any atom is 0.230 e. The minimum Gasteiger partial charge on any atom is -0.508 e. The van der Waals surface area contributed by atoms with E-state index in [0.717, 1.165) is 61.1 Å². The molecule has 1 aliphatic heterocycles. The fourth-order valence-corrected chi connectivity index (χ4v) is 9.68. The van der Waals surface area contributed by atoms with E-state index in [-0.39, 0.29) is 47.9 Å². The van der Waals surface area contributed by atoms with Crippen LogP contribution in [0.3, 0.4) is 0 Å². The number of allylic oxidation sites excluding steroid dienone is 1. The highest BCUT2D eigenvalue weighted by atomic mass is 32.2. The van der Waals surface area contributed by atoms with E-state index in [1.807, 2.05) is 50.7 Å². The lowest BCUT2D eigenvalue weighted by Crippen LogP contribution is -2.64. The first-order valence-corrected chi connectivity index (χ1v) is 17.8. The number of phenolic OH excluding ortho intramolecular Hbond substituents is 1. The SMILES string of the molecule is C=CCO[C@@]12Oc3ccc(O)cc3[C@H]3[C@H](CCCCO)[C@@H](CCCCO)C=C(C(=NOC(C)(C)C)C[C@@H]1SC1CCCC1)[C@H]32. The van der Waals surface area contributed by atoms with Crippen LogP contribution in [0.25, 0.3) is 0 Å². The van der Waals surface area contributed by atoms with Crippen molar-refractivity contribution in [2.45, 2.75) is 119 Å². The standard InChI is InChI=1S/C36H53NO6S/c1-5-20-41-36-32(44-26-13-6-7-14-26)23-30(37-43-35(2,3)4)28-21-24(12-8-10-18-38)27(15-9-11-19-39)33(34(28)36)29-22-25(40)16-17-31(29)42-36/h5,16-17,21-22,24,26-27,32-34,38-40H,1,6-15,18-20,23H2,2-4H3/t24-,27+,32-,33+,34+,36+/m0/s1. The van der Waals surface area contributed by atoms with Gasteiger partial charge in [-0.25, -0.2) is 0 Å². The molecule has 8 heteroatoms. The van der Waals surface area contributed by atoms with Gasteiger partial charge in [-0.2, -0.15) is 0 Å². The number of nitrogens with zero attached hydrogens (tertiary/aromatic N) is 1. The normalized spacial score (nSPS) is 30.8. The van der Waals surface area contributed by atoms with E-state index in [2.05, 4.69) is 12.7 Å². The van der Waals surface area contributed by atoms with Crippen molar-refractivity contribution in [2.75, 3.05) is 19.8 Å². The van der Waals surface area contributed by atoms with Crippen molar-refractivity contribution < 1.29 is 29.6 Å². The van der Waals surface area contributed by atoms with Crippen LogP contribution < -0.4 is 4.74 Å². The quantitative estimate of drug-likeness (QED) is 0.112. The second-order valence-corrected chi connectivity index (χ2v) is 15.5. The Bertz CT molecular complexity index is 1190. The average Bonchev–Trinajstić information content (AvgIpc) is 3.51. The van der Waals surface area contributed by atoms with Gasteiger partial charge in [0.15, 0.2) is 0 Å². The summed E-state index contributed by atoms with van der Waals surface area (Å²) in [6, 6.07) is 5.51. The van der Waals surface area contributed by atoms with Crippen molar-refractivity contribution in [1.29, 1.82) is 0 Å². The number of rotatable bonds is 14. The number of aromatic hydroxyl groups is 1. The Morgan fingerprint density at radius 2 is 1.82 bits per heavy atom. The summed E-state index contributed by atoms with van der Waals surface area (Å²) in [4.78, 5) is 6.14. The number of aliphatic hydroxyl groups is 2. The Morgan fingerprint density at radius 3 is 2.50 bits per heavy atom. The second-order valence-electron chi connectivity index (χ2n) is 14.0. The summed E-state index contributed by atoms with van der Waals surface area (Å²) in [6.07, 6.45) is 15.0. The third kappa shape index (κ3) is 7.19. The maximum absolute atomic E-state index is 10.8. The van der Waals surface area contributed by atoms with Crippen molar-refractivity contribution in [2.24, 2.45) is 22.9 Å². The predicted molar refractivity (Wildman–Crippen MR) is 177 cm³/mol. The van der Waals surface area contributed by atoms with Crippen LogP contribution in [-0.4, -0.2) is 62.7 Å². The van der Waals surface area contributed by atoms with Gasteiger partial charge in [-0.1, -0.05) is 43.0 Å². The number of ether oxygens (including phenoxy) is 2. The number of hydrogen-bond acceptors (Lipinski definition) is 8. The van der Waals surface area contributed by atoms with Gasteiger partial charge in [0, 0.05) is 36.4 Å². The van der Waals surface area contributed by atoms with E-state index in [1.54, 1.807) is 6.07 Å². The molecule has 0 spiro atoms. The highest BCUT2D eigenvalue weighted by molar-refractivity contribution is 8.00. The van der Waals surface area contributed by atoms with Gasteiger partial charge in [-0.15, -0.1) is 18.3 Å². The summed E-state index contributed by atoms with van der Waals surface area (Å²) < 4.78 is 14.1. The monoisotopic (exact) mass is 627 g/mol. The third-order valence-electron chi connectivity index (χ3n) is 9.72. The van der Waals surface area contributed by atoms with Gasteiger partial charge in [0.2, 0.25) is 5.79 Å². The van der Waals surface area contributed by atoms with E-state index in [0.29, 0.717) is 18.3 Å². The van der Waals surface area contributed by atoms with Crippen molar-refractivity contribution in [3.8, 4) is 11.5 Å². The zero-order valence-electron chi connectivity index (χ0n) is 26.9. The molecule has 1 aromatic rings. The number of unbranched alkanes of at least 4 members (excludes halogenated alkanes) is 2. The third-order valence-corrected chi connectivity index (χ3v) is 11.4. The van der Waals surface area contributed by atoms with Crippen molar-refractivity contribution in [1.82, 2.24) is 0 Å². The molecular weight excluding hydrogens is 574 g/mol. The smallest absolute Gasteiger partial charge is 0.230 e. The number of aliphatic hydroxyl groups excluding tert-OH is 2. The number of fused-ring (bicyclic) bond motifs is 2. The zero-order chi connectivity index (χ0) is 31.3. The summed E-state index contributed by atoms with van der Waals surface area (Å²) in [6.45, 7) is 10.8. The molecule has 0 radical (unpaired) electrons. The zero-order valence-corrected chi connectivity index (χ0v) is 27.7. The minimum absolute atomic E-state index is 0.0106. The van der Waals surface area contributed by atoms with Crippen LogP contribution in [0.4, 0.5) is 0 Å². The van der Waals surface area contributed by atoms with Gasteiger partial charge < -0.3 is 29.6 Å². The molecule has 0 bridgehead atoms. The molecule has 4 aliphatic rings. The van der Waals surface area contributed by atoms with Gasteiger partial charge in [0.1, 0.15) is 17.1 Å². The summed E-state index contributed by atoms with van der Waals surface area (Å²) in [5.74, 6) is 0.408. The molecule has 1 heterocycles. The van der Waals surface area contributed by atoms with Crippen LogP contribution in [0.2, 0.25) is 0 Å². The topological polar surface area (TPSA) is 101 Å². The number of benzene rings is 1. The van der Waals surface area contributed by atoms with Gasteiger partial charge >= 0.3 is 0 Å². The number of oxime groups is 1. The van der Waals surface area contributed by atoms with Crippen molar-refractivity contribution >= 4 is 17.5 Å². The summed E-state index contributed by atoms with van der Waals surface area (Å²) >= 11 is 2.00. The van der Waals surface area contributed by atoms with Crippen LogP contribution in [0, 0.1) is 17.8 Å². The largest absolute Gasteiger partial charge is 0.508 e. The molecule has 3 aliphatic carbocycles. The van der Waals surface area contributed by atoms with E-state index >= 15 is 0 Å². The first-order valence-electron chi connectivity index (χ1n) is 16.8. The number of phenols is 1. The van der Waals surface area contributed by atoms with Gasteiger partial charge in [-0.05, 0) is 94.9 Å². The van der Waals surface area contributed by atoms with Crippen LogP contribution in [0.1, 0.15) is 103 Å².